The molecular formula is C14H14BrN3O2. The highest BCUT2D eigenvalue weighted by atomic mass is 79.9. The van der Waals surface area contributed by atoms with E-state index >= 15 is 0 Å². The number of carboxylic acids is 1. The Morgan fingerprint density at radius 3 is 2.70 bits per heavy atom. The molecule has 3 rings (SSSR count). The van der Waals surface area contributed by atoms with Crippen molar-refractivity contribution in [1.82, 2.24) is 14.0 Å². The molecule has 2 heterocycles. The fraction of sp³-hybridized carbons (Fsp3) is 0.286. The van der Waals surface area contributed by atoms with Crippen LogP contribution in [0.2, 0.25) is 0 Å². The summed E-state index contributed by atoms with van der Waals surface area (Å²) in [6.07, 6.45) is 0. The Kier molecular flexibility index (Phi) is 2.86. The van der Waals surface area contributed by atoms with Gasteiger partial charge in [0.05, 0.1) is 11.0 Å². The number of aromatic carboxylic acids is 1. The van der Waals surface area contributed by atoms with Crippen LogP contribution in [0.15, 0.2) is 22.8 Å². The van der Waals surface area contributed by atoms with E-state index < -0.39 is 5.97 Å². The number of nitrogens with zero attached hydrogens (tertiary/aromatic N) is 3. The zero-order valence-corrected chi connectivity index (χ0v) is 13.0. The summed E-state index contributed by atoms with van der Waals surface area (Å²) >= 11 is 3.39. The average Bonchev–Trinajstić information content (AvgIpc) is 2.86. The molecule has 0 spiro atoms. The Bertz CT molecular complexity index is 845. The van der Waals surface area contributed by atoms with Crippen molar-refractivity contribution in [2.45, 2.75) is 19.8 Å². The molecule has 5 nitrogen and oxygen atoms in total. The lowest BCUT2D eigenvalue weighted by atomic mass is 10.0. The van der Waals surface area contributed by atoms with E-state index in [2.05, 4.69) is 40.8 Å². The molecule has 0 fully saturated rings. The smallest absolute Gasteiger partial charge is 0.355 e. The summed E-state index contributed by atoms with van der Waals surface area (Å²) in [4.78, 5) is 16.0. The highest BCUT2D eigenvalue weighted by Gasteiger charge is 2.23. The van der Waals surface area contributed by atoms with Crippen molar-refractivity contribution < 1.29 is 9.90 Å². The molecule has 0 unspecified atom stereocenters. The van der Waals surface area contributed by atoms with Crippen LogP contribution in [0.4, 0.5) is 0 Å². The number of para-hydroxylation sites is 1. The van der Waals surface area contributed by atoms with Crippen LogP contribution in [-0.2, 0) is 7.05 Å². The van der Waals surface area contributed by atoms with Gasteiger partial charge in [0.1, 0.15) is 4.60 Å². The van der Waals surface area contributed by atoms with Crippen LogP contribution in [0.3, 0.4) is 0 Å². The van der Waals surface area contributed by atoms with Crippen molar-refractivity contribution in [3.63, 3.8) is 0 Å². The van der Waals surface area contributed by atoms with Crippen molar-refractivity contribution in [2.24, 2.45) is 7.05 Å². The largest absolute Gasteiger partial charge is 0.476 e. The maximum Gasteiger partial charge on any atom is 0.355 e. The lowest BCUT2D eigenvalue weighted by Gasteiger charge is -2.05. The number of benzene rings is 1. The summed E-state index contributed by atoms with van der Waals surface area (Å²) < 4.78 is 3.95. The molecule has 104 valence electrons. The topological polar surface area (TPSA) is 59.5 Å². The van der Waals surface area contributed by atoms with Crippen molar-refractivity contribution in [3.05, 3.63) is 34.1 Å². The van der Waals surface area contributed by atoms with Crippen molar-refractivity contribution in [3.8, 4) is 0 Å². The van der Waals surface area contributed by atoms with E-state index in [0.717, 1.165) is 16.6 Å². The monoisotopic (exact) mass is 335 g/mol. The van der Waals surface area contributed by atoms with Gasteiger partial charge in [-0.15, -0.1) is 0 Å². The molecule has 0 saturated carbocycles. The van der Waals surface area contributed by atoms with Gasteiger partial charge in [-0.2, -0.15) is 0 Å². The van der Waals surface area contributed by atoms with Gasteiger partial charge in [0.15, 0.2) is 5.69 Å². The first kappa shape index (κ1) is 13.2. The molecule has 1 aromatic carbocycles. The predicted molar refractivity (Wildman–Crippen MR) is 80.4 cm³/mol. The number of rotatable bonds is 2. The molecule has 0 amide bonds. The lowest BCUT2D eigenvalue weighted by molar-refractivity contribution is 0.0685. The van der Waals surface area contributed by atoms with Gasteiger partial charge in [-0.3, -0.25) is 4.40 Å². The molecular weight excluding hydrogens is 322 g/mol. The van der Waals surface area contributed by atoms with Gasteiger partial charge < -0.3 is 9.67 Å². The lowest BCUT2D eigenvalue weighted by Crippen LogP contribution is -2.05. The quantitative estimate of drug-likeness (QED) is 0.780. The van der Waals surface area contributed by atoms with E-state index in [-0.39, 0.29) is 5.69 Å². The van der Waals surface area contributed by atoms with Gasteiger partial charge in [0, 0.05) is 7.05 Å². The van der Waals surface area contributed by atoms with Crippen LogP contribution in [0.25, 0.3) is 16.8 Å². The summed E-state index contributed by atoms with van der Waals surface area (Å²) in [6, 6.07) is 5.99. The van der Waals surface area contributed by atoms with Gasteiger partial charge in [0.2, 0.25) is 5.78 Å². The Morgan fingerprint density at radius 2 is 2.10 bits per heavy atom. The SMILES string of the molecule is CC(C)c1cccc2c1nc1n(C)c(C(=O)O)c(Br)n21. The normalized spacial score (nSPS) is 11.8. The zero-order valence-electron chi connectivity index (χ0n) is 11.4. The number of aromatic nitrogens is 3. The van der Waals surface area contributed by atoms with E-state index in [9.17, 15) is 9.90 Å². The Balaban J connectivity index is 2.50. The molecule has 0 saturated heterocycles. The maximum absolute atomic E-state index is 11.3. The average molecular weight is 336 g/mol. The van der Waals surface area contributed by atoms with Crippen molar-refractivity contribution in [1.29, 1.82) is 0 Å². The fourth-order valence-corrected chi connectivity index (χ4v) is 3.35. The Labute approximate surface area is 124 Å². The molecule has 0 aliphatic carbocycles. The molecule has 0 aliphatic rings. The molecule has 0 atom stereocenters. The third-order valence-electron chi connectivity index (χ3n) is 3.55. The van der Waals surface area contributed by atoms with Crippen molar-refractivity contribution >= 4 is 38.7 Å². The molecule has 0 radical (unpaired) electrons. The minimum atomic E-state index is -0.974. The second-order valence-electron chi connectivity index (χ2n) is 5.12. The molecule has 0 bridgehead atoms. The summed E-state index contributed by atoms with van der Waals surface area (Å²) in [5.74, 6) is 0.0109. The zero-order chi connectivity index (χ0) is 14.6. The van der Waals surface area contributed by atoms with Gasteiger partial charge in [-0.05, 0) is 33.5 Å². The number of imidazole rings is 2. The first-order chi connectivity index (χ1) is 9.43. The number of hydrogen-bond acceptors (Lipinski definition) is 2. The van der Waals surface area contributed by atoms with Gasteiger partial charge in [0.25, 0.3) is 0 Å². The van der Waals surface area contributed by atoms with Crippen LogP contribution in [-0.4, -0.2) is 25.0 Å². The van der Waals surface area contributed by atoms with Crippen molar-refractivity contribution in [2.75, 3.05) is 0 Å². The third kappa shape index (κ3) is 1.61. The molecule has 6 heteroatoms. The molecule has 1 N–H and O–H groups in total. The summed E-state index contributed by atoms with van der Waals surface area (Å²) in [7, 11) is 1.71. The Morgan fingerprint density at radius 1 is 1.40 bits per heavy atom. The minimum Gasteiger partial charge on any atom is -0.476 e. The van der Waals surface area contributed by atoms with E-state index in [1.54, 1.807) is 11.6 Å². The minimum absolute atomic E-state index is 0.198. The summed E-state index contributed by atoms with van der Waals surface area (Å²) in [5, 5.41) is 9.29. The standard InChI is InChI=1S/C14H14BrN3O2/c1-7(2)8-5-4-6-9-10(8)16-14-17(3)11(13(19)20)12(15)18(9)14/h4-7H,1-3H3,(H,19,20). The molecule has 2 aromatic heterocycles. The van der Waals surface area contributed by atoms with Crippen LogP contribution < -0.4 is 0 Å². The van der Waals surface area contributed by atoms with E-state index in [1.165, 1.54) is 0 Å². The maximum atomic E-state index is 11.3. The number of aryl methyl sites for hydroxylation is 1. The second kappa shape index (κ2) is 4.34. The highest BCUT2D eigenvalue weighted by molar-refractivity contribution is 9.10. The summed E-state index contributed by atoms with van der Waals surface area (Å²) in [6.45, 7) is 4.24. The van der Waals surface area contributed by atoms with E-state index in [4.69, 9.17) is 0 Å². The van der Waals surface area contributed by atoms with Crippen LogP contribution in [0.1, 0.15) is 35.8 Å². The van der Waals surface area contributed by atoms with Gasteiger partial charge in [-0.25, -0.2) is 9.78 Å². The summed E-state index contributed by atoms with van der Waals surface area (Å²) in [5.41, 5.74) is 3.20. The van der Waals surface area contributed by atoms with Crippen LogP contribution in [0, 0.1) is 0 Å². The molecule has 3 aromatic rings. The number of halogens is 1. The first-order valence-electron chi connectivity index (χ1n) is 6.32. The van der Waals surface area contributed by atoms with E-state index in [0.29, 0.717) is 16.3 Å². The van der Waals surface area contributed by atoms with E-state index in [1.807, 2.05) is 16.5 Å². The molecule has 20 heavy (non-hydrogen) atoms. The number of carbonyl (C=O) groups is 1. The highest BCUT2D eigenvalue weighted by Crippen LogP contribution is 2.30. The van der Waals surface area contributed by atoms with Crippen LogP contribution >= 0.6 is 15.9 Å². The second-order valence-corrected chi connectivity index (χ2v) is 5.87. The van der Waals surface area contributed by atoms with Gasteiger partial charge >= 0.3 is 5.97 Å². The number of fused-ring (bicyclic) bond motifs is 3. The number of carboxylic acid groups (broad SMARTS) is 1. The fourth-order valence-electron chi connectivity index (χ4n) is 2.57. The first-order valence-corrected chi connectivity index (χ1v) is 7.11. The Hall–Kier alpha value is -1.82. The van der Waals surface area contributed by atoms with Crippen LogP contribution in [0.5, 0.6) is 0 Å². The predicted octanol–water partition coefficient (Wildman–Crippen LogP) is 3.41. The number of hydrogen-bond donors (Lipinski definition) is 1. The molecule has 0 aliphatic heterocycles. The third-order valence-corrected chi connectivity index (χ3v) is 4.28. The van der Waals surface area contributed by atoms with Gasteiger partial charge in [-0.1, -0.05) is 26.0 Å².